The summed E-state index contributed by atoms with van der Waals surface area (Å²) in [5, 5.41) is 6.45. The molecule has 0 aromatic heterocycles. The van der Waals surface area contributed by atoms with Gasteiger partial charge in [-0.05, 0) is 25.2 Å². The first-order valence-corrected chi connectivity index (χ1v) is 9.46. The highest BCUT2D eigenvalue weighted by Crippen LogP contribution is 2.19. The predicted molar refractivity (Wildman–Crippen MR) is 88.6 cm³/mol. The summed E-state index contributed by atoms with van der Waals surface area (Å²) in [5.41, 5.74) is -0.105. The van der Waals surface area contributed by atoms with E-state index >= 15 is 0 Å². The summed E-state index contributed by atoms with van der Waals surface area (Å²) in [7, 11) is -1.19. The van der Waals surface area contributed by atoms with Gasteiger partial charge in [0.2, 0.25) is 0 Å². The fraction of sp³-hybridized carbons (Fsp3) is 0.929. The van der Waals surface area contributed by atoms with Gasteiger partial charge in [-0.2, -0.15) is 0 Å². The molecule has 6 nitrogen and oxygen atoms in total. The summed E-state index contributed by atoms with van der Waals surface area (Å²) < 4.78 is 27.7. The molecule has 0 spiro atoms. The largest absolute Gasteiger partial charge is 0.382 e. The lowest BCUT2D eigenvalue weighted by atomic mass is 9.90. The highest BCUT2D eigenvalue weighted by Gasteiger charge is 2.20. The second-order valence-corrected chi connectivity index (χ2v) is 8.21. The van der Waals surface area contributed by atoms with Crippen molar-refractivity contribution in [2.45, 2.75) is 33.6 Å². The van der Waals surface area contributed by atoms with E-state index < -0.39 is 9.84 Å². The number of hydrogen-bond acceptors (Lipinski definition) is 4. The molecule has 126 valence electrons. The molecule has 0 radical (unpaired) electrons. The average Bonchev–Trinajstić information content (AvgIpc) is 2.39. The Morgan fingerprint density at radius 2 is 1.95 bits per heavy atom. The zero-order valence-corrected chi connectivity index (χ0v) is 14.8. The normalized spacial score (nSPS) is 13.3. The summed E-state index contributed by atoms with van der Waals surface area (Å²) in [6, 6.07) is 0. The molecule has 2 N–H and O–H groups in total. The first-order chi connectivity index (χ1) is 9.70. The van der Waals surface area contributed by atoms with Crippen molar-refractivity contribution in [3.8, 4) is 0 Å². The van der Waals surface area contributed by atoms with Crippen molar-refractivity contribution < 1.29 is 13.2 Å². The van der Waals surface area contributed by atoms with Crippen LogP contribution in [0.25, 0.3) is 0 Å². The van der Waals surface area contributed by atoms with E-state index in [0.29, 0.717) is 13.0 Å². The topological polar surface area (TPSA) is 79.8 Å². The smallest absolute Gasteiger partial charge is 0.190 e. The van der Waals surface area contributed by atoms with Crippen LogP contribution in [0, 0.1) is 5.41 Å². The molecular formula is C14H31N3O3S. The van der Waals surface area contributed by atoms with E-state index in [-0.39, 0.29) is 11.2 Å². The maximum atomic E-state index is 11.2. The van der Waals surface area contributed by atoms with Crippen molar-refractivity contribution in [1.82, 2.24) is 10.6 Å². The number of aliphatic imine (C=N–C) groups is 1. The van der Waals surface area contributed by atoms with Crippen molar-refractivity contribution in [3.05, 3.63) is 0 Å². The zero-order chi connectivity index (χ0) is 16.4. The molecule has 0 saturated heterocycles. The minimum atomic E-state index is -2.91. The number of hydrogen-bond donors (Lipinski definition) is 2. The van der Waals surface area contributed by atoms with E-state index in [1.165, 1.54) is 6.26 Å². The minimum absolute atomic E-state index is 0.105. The molecule has 0 heterocycles. The van der Waals surface area contributed by atoms with Gasteiger partial charge in [0, 0.05) is 39.6 Å². The summed E-state index contributed by atoms with van der Waals surface area (Å²) in [6.45, 7) is 9.02. The number of sulfone groups is 1. The Labute approximate surface area is 129 Å². The van der Waals surface area contributed by atoms with Crippen LogP contribution < -0.4 is 10.6 Å². The summed E-state index contributed by atoms with van der Waals surface area (Å²) >= 11 is 0. The molecule has 0 atom stereocenters. The highest BCUT2D eigenvalue weighted by atomic mass is 32.2. The van der Waals surface area contributed by atoms with E-state index in [1.54, 1.807) is 7.05 Å². The number of rotatable bonds is 10. The lowest BCUT2D eigenvalue weighted by molar-refractivity contribution is 0.145. The molecule has 0 aliphatic heterocycles. The second kappa shape index (κ2) is 10.00. The van der Waals surface area contributed by atoms with E-state index in [0.717, 1.165) is 32.1 Å². The van der Waals surface area contributed by atoms with Crippen molar-refractivity contribution in [2.24, 2.45) is 10.4 Å². The number of ether oxygens (including phenoxy) is 1. The molecule has 21 heavy (non-hydrogen) atoms. The third-order valence-electron chi connectivity index (χ3n) is 3.07. The first kappa shape index (κ1) is 20.2. The number of guanidine groups is 1. The molecule has 0 aliphatic rings. The monoisotopic (exact) mass is 321 g/mol. The van der Waals surface area contributed by atoms with Gasteiger partial charge in [0.1, 0.15) is 9.84 Å². The lowest BCUT2D eigenvalue weighted by Gasteiger charge is -2.25. The molecule has 0 aliphatic carbocycles. The van der Waals surface area contributed by atoms with Crippen molar-refractivity contribution >= 4 is 15.8 Å². The van der Waals surface area contributed by atoms with Crippen molar-refractivity contribution in [1.29, 1.82) is 0 Å². The Bertz CT molecular complexity index is 406. The van der Waals surface area contributed by atoms with Crippen LogP contribution in [0.5, 0.6) is 0 Å². The second-order valence-electron chi connectivity index (χ2n) is 5.95. The molecule has 7 heteroatoms. The molecule has 0 fully saturated rings. The molecule has 0 aromatic carbocycles. The fourth-order valence-corrected chi connectivity index (χ4v) is 2.54. The van der Waals surface area contributed by atoms with Crippen LogP contribution >= 0.6 is 0 Å². The fourth-order valence-electron chi connectivity index (χ4n) is 1.62. The lowest BCUT2D eigenvalue weighted by Crippen LogP contribution is -2.42. The molecule has 0 bridgehead atoms. The molecule has 0 aromatic rings. The standard InChI is InChI=1S/C14H31N3O3S/c1-6-20-10-7-9-16-13(15-4)17-12-14(2,3)8-11-21(5,18)19/h6-12H2,1-5H3,(H2,15,16,17). The molecule has 0 amide bonds. The average molecular weight is 321 g/mol. The van der Waals surface area contributed by atoms with Gasteiger partial charge < -0.3 is 15.4 Å². The van der Waals surface area contributed by atoms with E-state index in [9.17, 15) is 8.42 Å². The Kier molecular flexibility index (Phi) is 9.61. The molecular weight excluding hydrogens is 290 g/mol. The zero-order valence-electron chi connectivity index (χ0n) is 14.0. The Morgan fingerprint density at radius 1 is 1.29 bits per heavy atom. The maximum absolute atomic E-state index is 11.2. The first-order valence-electron chi connectivity index (χ1n) is 7.40. The van der Waals surface area contributed by atoms with E-state index in [4.69, 9.17) is 4.74 Å². The quantitative estimate of drug-likeness (QED) is 0.357. The highest BCUT2D eigenvalue weighted by molar-refractivity contribution is 7.90. The van der Waals surface area contributed by atoms with Gasteiger partial charge in [0.05, 0.1) is 5.75 Å². The van der Waals surface area contributed by atoms with Crippen LogP contribution in [0.1, 0.15) is 33.6 Å². The Hall–Kier alpha value is -0.820. The SMILES string of the molecule is CCOCCCNC(=NC)NCC(C)(C)CCS(C)(=O)=O. The summed E-state index contributed by atoms with van der Waals surface area (Å²) in [4.78, 5) is 4.15. The van der Waals surface area contributed by atoms with Crippen molar-refractivity contribution in [3.63, 3.8) is 0 Å². The van der Waals surface area contributed by atoms with Crippen LogP contribution in [0.2, 0.25) is 0 Å². The van der Waals surface area contributed by atoms with Crippen LogP contribution in [-0.4, -0.2) is 59.7 Å². The third kappa shape index (κ3) is 12.6. The summed E-state index contributed by atoms with van der Waals surface area (Å²) in [6.07, 6.45) is 2.82. The van der Waals surface area contributed by atoms with Gasteiger partial charge in [0.15, 0.2) is 5.96 Å². The molecule has 0 unspecified atom stereocenters. The van der Waals surface area contributed by atoms with Crippen LogP contribution in [0.15, 0.2) is 4.99 Å². The Balaban J connectivity index is 4.03. The number of nitrogens with one attached hydrogen (secondary N) is 2. The van der Waals surface area contributed by atoms with E-state index in [2.05, 4.69) is 15.6 Å². The minimum Gasteiger partial charge on any atom is -0.382 e. The van der Waals surface area contributed by atoms with Gasteiger partial charge in [0.25, 0.3) is 0 Å². The van der Waals surface area contributed by atoms with E-state index in [1.807, 2.05) is 20.8 Å². The van der Waals surface area contributed by atoms with Gasteiger partial charge in [-0.1, -0.05) is 13.8 Å². The van der Waals surface area contributed by atoms with Crippen LogP contribution in [-0.2, 0) is 14.6 Å². The van der Waals surface area contributed by atoms with Gasteiger partial charge in [-0.25, -0.2) is 8.42 Å². The Morgan fingerprint density at radius 3 is 2.48 bits per heavy atom. The third-order valence-corrected chi connectivity index (χ3v) is 4.02. The van der Waals surface area contributed by atoms with Crippen molar-refractivity contribution in [2.75, 3.05) is 45.4 Å². The van der Waals surface area contributed by atoms with Gasteiger partial charge >= 0.3 is 0 Å². The summed E-state index contributed by atoms with van der Waals surface area (Å²) in [5.74, 6) is 0.946. The number of nitrogens with zero attached hydrogens (tertiary/aromatic N) is 1. The van der Waals surface area contributed by atoms with Gasteiger partial charge in [-0.3, -0.25) is 4.99 Å². The van der Waals surface area contributed by atoms with Crippen LogP contribution in [0.3, 0.4) is 0 Å². The van der Waals surface area contributed by atoms with Gasteiger partial charge in [-0.15, -0.1) is 0 Å². The molecule has 0 saturated carbocycles. The predicted octanol–water partition coefficient (Wildman–Crippen LogP) is 1.04. The van der Waals surface area contributed by atoms with Crippen LogP contribution in [0.4, 0.5) is 0 Å². The molecule has 0 rings (SSSR count). The maximum Gasteiger partial charge on any atom is 0.190 e.